The first-order valence-corrected chi connectivity index (χ1v) is 12.1. The first-order valence-electron chi connectivity index (χ1n) is 10.5. The minimum absolute atomic E-state index is 0.0137. The van der Waals surface area contributed by atoms with E-state index in [1.165, 1.54) is 36.2 Å². The number of amidine groups is 1. The molecular formula is C23H20F6N4O3S. The summed E-state index contributed by atoms with van der Waals surface area (Å²) in [6.07, 6.45) is -7.53. The van der Waals surface area contributed by atoms with Gasteiger partial charge in [0.25, 0.3) is 0 Å². The van der Waals surface area contributed by atoms with Crippen LogP contribution in [0.25, 0.3) is 11.1 Å². The molecule has 2 aromatic heterocycles. The van der Waals surface area contributed by atoms with Crippen molar-refractivity contribution in [2.75, 3.05) is 19.8 Å². The van der Waals surface area contributed by atoms with Crippen molar-refractivity contribution in [2.24, 2.45) is 4.99 Å². The maximum Gasteiger partial charge on any atom is 0.573 e. The lowest BCUT2D eigenvalue weighted by molar-refractivity contribution is -0.274. The molecule has 0 unspecified atom stereocenters. The van der Waals surface area contributed by atoms with E-state index in [2.05, 4.69) is 19.7 Å². The van der Waals surface area contributed by atoms with Gasteiger partial charge in [-0.05, 0) is 35.9 Å². The summed E-state index contributed by atoms with van der Waals surface area (Å²) in [6.45, 7) is 1.42. The van der Waals surface area contributed by atoms with Crippen molar-refractivity contribution in [3.05, 3.63) is 66.1 Å². The first-order chi connectivity index (χ1) is 17.1. The molecule has 2 heterocycles. The summed E-state index contributed by atoms with van der Waals surface area (Å²) in [5.74, 6) is -0.848. The predicted octanol–water partition coefficient (Wildman–Crippen LogP) is 5.49. The van der Waals surface area contributed by atoms with Crippen molar-refractivity contribution in [3.63, 3.8) is 0 Å². The Morgan fingerprint density at radius 3 is 2.08 bits per heavy atom. The normalized spacial score (nSPS) is 12.9. The molecule has 0 saturated carbocycles. The molecule has 3 aromatic rings. The van der Waals surface area contributed by atoms with E-state index in [1.54, 1.807) is 14.1 Å². The molecule has 0 N–H and O–H groups in total. The van der Waals surface area contributed by atoms with Gasteiger partial charge in [-0.1, -0.05) is 19.1 Å². The number of aliphatic imine (C=N–C) groups is 1. The van der Waals surface area contributed by atoms with Gasteiger partial charge in [0.2, 0.25) is 0 Å². The molecule has 0 atom stereocenters. The Labute approximate surface area is 208 Å². The zero-order valence-electron chi connectivity index (χ0n) is 19.6. The fourth-order valence-electron chi connectivity index (χ4n) is 3.11. The molecule has 14 heteroatoms. The van der Waals surface area contributed by atoms with E-state index in [-0.39, 0.29) is 28.0 Å². The average Bonchev–Trinajstić information content (AvgIpc) is 2.81. The Kier molecular flexibility index (Phi) is 7.81. The third-order valence-corrected chi connectivity index (χ3v) is 6.66. The van der Waals surface area contributed by atoms with Crippen LogP contribution in [0.3, 0.4) is 0 Å². The van der Waals surface area contributed by atoms with Gasteiger partial charge in [-0.15, -0.1) is 13.2 Å². The molecule has 0 aliphatic carbocycles. The summed E-state index contributed by atoms with van der Waals surface area (Å²) in [6, 6.07) is 7.92. The van der Waals surface area contributed by atoms with Crippen molar-refractivity contribution in [2.45, 2.75) is 24.4 Å². The first kappa shape index (κ1) is 27.9. The topological polar surface area (TPSA) is 84.8 Å². The highest BCUT2D eigenvalue weighted by Crippen LogP contribution is 2.31. The molecule has 7 nitrogen and oxygen atoms in total. The van der Waals surface area contributed by atoms with Crippen LogP contribution in [0, 0.1) is 0 Å². The Hall–Kier alpha value is -3.68. The molecule has 0 spiro atoms. The number of nitrogens with zero attached hydrogens (tertiary/aromatic N) is 4. The van der Waals surface area contributed by atoms with Crippen LogP contribution in [0.2, 0.25) is 0 Å². The lowest BCUT2D eigenvalue weighted by atomic mass is 10.1. The number of sulfone groups is 1. The van der Waals surface area contributed by atoms with Gasteiger partial charge >= 0.3 is 12.5 Å². The zero-order valence-corrected chi connectivity index (χ0v) is 20.4. The molecular weight excluding hydrogens is 526 g/mol. The molecule has 0 aliphatic heterocycles. The molecule has 0 radical (unpaired) electrons. The molecule has 198 valence electrons. The van der Waals surface area contributed by atoms with Gasteiger partial charge in [-0.2, -0.15) is 13.2 Å². The number of pyridine rings is 2. The second-order valence-corrected chi connectivity index (χ2v) is 10.0. The molecule has 0 saturated heterocycles. The highest BCUT2D eigenvalue weighted by atomic mass is 32.2. The van der Waals surface area contributed by atoms with Crippen LogP contribution >= 0.6 is 0 Å². The molecule has 0 fully saturated rings. The van der Waals surface area contributed by atoms with Crippen molar-refractivity contribution >= 4 is 21.5 Å². The lowest BCUT2D eigenvalue weighted by Gasteiger charge is -2.19. The molecule has 3 rings (SSSR count). The van der Waals surface area contributed by atoms with E-state index < -0.39 is 33.7 Å². The molecule has 0 amide bonds. The summed E-state index contributed by atoms with van der Waals surface area (Å²) in [7, 11) is -0.817. The van der Waals surface area contributed by atoms with Crippen LogP contribution in [-0.2, 0) is 16.0 Å². The van der Waals surface area contributed by atoms with E-state index in [1.807, 2.05) is 0 Å². The Bertz CT molecular complexity index is 1390. The van der Waals surface area contributed by atoms with Gasteiger partial charge in [-0.3, -0.25) is 4.98 Å². The van der Waals surface area contributed by atoms with Crippen molar-refractivity contribution in [1.29, 1.82) is 0 Å². The fraction of sp³-hybridized carbons (Fsp3) is 0.261. The van der Waals surface area contributed by atoms with E-state index in [4.69, 9.17) is 0 Å². The van der Waals surface area contributed by atoms with Crippen LogP contribution in [0.5, 0.6) is 5.75 Å². The SMILES string of the molecule is CCS(=O)(=O)c1cc(-c2ccc(OC(F)(F)F)cc2)cnc1/C(=N/c1ccc(C(F)(F)F)cn1)N(C)C. The molecule has 37 heavy (non-hydrogen) atoms. The maximum atomic E-state index is 13.0. The molecule has 1 aromatic carbocycles. The lowest BCUT2D eigenvalue weighted by Crippen LogP contribution is -2.26. The minimum Gasteiger partial charge on any atom is -0.406 e. The fourth-order valence-corrected chi connectivity index (χ4v) is 4.16. The quantitative estimate of drug-likeness (QED) is 0.231. The smallest absolute Gasteiger partial charge is 0.406 e. The van der Waals surface area contributed by atoms with Crippen LogP contribution in [0.1, 0.15) is 18.2 Å². The monoisotopic (exact) mass is 546 g/mol. The predicted molar refractivity (Wildman–Crippen MR) is 123 cm³/mol. The number of halogens is 6. The van der Waals surface area contributed by atoms with Crippen LogP contribution < -0.4 is 4.74 Å². The van der Waals surface area contributed by atoms with Crippen LogP contribution in [0.4, 0.5) is 32.2 Å². The Morgan fingerprint density at radius 1 is 0.946 bits per heavy atom. The van der Waals surface area contributed by atoms with Crippen LogP contribution in [-0.4, -0.2) is 55.3 Å². The van der Waals surface area contributed by atoms with E-state index in [0.717, 1.165) is 24.3 Å². The second kappa shape index (κ2) is 10.4. The summed E-state index contributed by atoms with van der Waals surface area (Å²) in [5, 5.41) is 0. The summed E-state index contributed by atoms with van der Waals surface area (Å²) < 4.78 is 106. The number of aromatic nitrogens is 2. The number of rotatable bonds is 6. The maximum absolute atomic E-state index is 13.0. The van der Waals surface area contributed by atoms with Gasteiger partial charge in [0, 0.05) is 32.1 Å². The number of benzene rings is 1. The van der Waals surface area contributed by atoms with Gasteiger partial charge in [0.15, 0.2) is 21.5 Å². The van der Waals surface area contributed by atoms with E-state index in [0.29, 0.717) is 17.3 Å². The highest BCUT2D eigenvalue weighted by Gasteiger charge is 2.32. The third-order valence-electron chi connectivity index (χ3n) is 4.92. The largest absolute Gasteiger partial charge is 0.573 e. The van der Waals surface area contributed by atoms with Gasteiger partial charge in [-0.25, -0.2) is 18.4 Å². The molecule has 0 aliphatic rings. The Morgan fingerprint density at radius 2 is 1.59 bits per heavy atom. The van der Waals surface area contributed by atoms with Gasteiger partial charge < -0.3 is 9.64 Å². The average molecular weight is 546 g/mol. The summed E-state index contributed by atoms with van der Waals surface area (Å²) in [5.41, 5.74) is -0.385. The highest BCUT2D eigenvalue weighted by molar-refractivity contribution is 7.91. The van der Waals surface area contributed by atoms with Crippen LogP contribution in [0.15, 0.2) is 64.7 Å². The van der Waals surface area contributed by atoms with Gasteiger partial charge in [0.1, 0.15) is 11.4 Å². The van der Waals surface area contributed by atoms with Crippen molar-refractivity contribution in [3.8, 4) is 16.9 Å². The number of hydrogen-bond acceptors (Lipinski definition) is 6. The molecule has 0 bridgehead atoms. The zero-order chi connectivity index (χ0) is 27.6. The summed E-state index contributed by atoms with van der Waals surface area (Å²) >= 11 is 0. The van der Waals surface area contributed by atoms with E-state index in [9.17, 15) is 34.8 Å². The number of alkyl halides is 6. The van der Waals surface area contributed by atoms with Crippen molar-refractivity contribution < 1.29 is 39.5 Å². The number of hydrogen-bond donors (Lipinski definition) is 0. The standard InChI is InChI=1S/C23H20F6N4O3S/c1-4-37(34,35)18-11-15(14-5-8-17(9-6-14)36-23(27,28)29)12-31-20(18)21(33(2)3)32-19-10-7-16(13-30-19)22(24,25)26/h5-13H,4H2,1-3H3/b32-21-. The summed E-state index contributed by atoms with van der Waals surface area (Å²) in [4.78, 5) is 13.4. The number of ether oxygens (including phenoxy) is 1. The third kappa shape index (κ3) is 6.96. The minimum atomic E-state index is -4.86. The van der Waals surface area contributed by atoms with Crippen molar-refractivity contribution in [1.82, 2.24) is 14.9 Å². The Balaban J connectivity index is 2.10. The van der Waals surface area contributed by atoms with Gasteiger partial charge in [0.05, 0.1) is 16.2 Å². The second-order valence-electron chi connectivity index (χ2n) is 7.78. The van der Waals surface area contributed by atoms with E-state index >= 15 is 0 Å².